The van der Waals surface area contributed by atoms with Crippen molar-refractivity contribution in [2.24, 2.45) is 0 Å². The van der Waals surface area contributed by atoms with Gasteiger partial charge in [0.05, 0.1) is 16.6 Å². The van der Waals surface area contributed by atoms with Gasteiger partial charge in [0.25, 0.3) is 0 Å². The quantitative estimate of drug-likeness (QED) is 0.128. The summed E-state index contributed by atoms with van der Waals surface area (Å²) < 4.78 is 15.0. The molecular weight excluding hydrogens is 766 g/mol. The highest BCUT2D eigenvalue weighted by molar-refractivity contribution is 7.99. The van der Waals surface area contributed by atoms with E-state index in [9.17, 15) is 4.57 Å². The fourth-order valence-corrected chi connectivity index (χ4v) is 13.8. The Kier molecular flexibility index (Phi) is 8.00. The lowest BCUT2D eigenvalue weighted by atomic mass is 9.67. The lowest BCUT2D eigenvalue weighted by molar-refractivity contribution is 0.592. The molecule has 0 N–H and O–H groups in total. The van der Waals surface area contributed by atoms with Gasteiger partial charge < -0.3 is 4.57 Å². The molecule has 12 rings (SSSR count). The van der Waals surface area contributed by atoms with Crippen molar-refractivity contribution < 1.29 is 4.57 Å². The minimum Gasteiger partial charge on any atom is -0.309 e. The summed E-state index contributed by atoms with van der Waals surface area (Å²) in [7, 11) is -3.06. The summed E-state index contributed by atoms with van der Waals surface area (Å²) in [5.41, 5.74) is 12.7. The lowest BCUT2D eigenvalue weighted by Gasteiger charge is -2.40. The summed E-state index contributed by atoms with van der Waals surface area (Å²) in [6, 6.07) is 77.2. The zero-order chi connectivity index (χ0) is 39.8. The van der Waals surface area contributed by atoms with Gasteiger partial charge in [-0.25, -0.2) is 4.98 Å². The maximum Gasteiger partial charge on any atom is 0.171 e. The first-order valence-electron chi connectivity index (χ1n) is 20.4. The van der Waals surface area contributed by atoms with Crippen molar-refractivity contribution >= 4 is 56.5 Å². The van der Waals surface area contributed by atoms with Gasteiger partial charge in [-0.2, -0.15) is 0 Å². The summed E-state index contributed by atoms with van der Waals surface area (Å²) in [6.07, 6.45) is 0. The van der Waals surface area contributed by atoms with Crippen molar-refractivity contribution in [3.63, 3.8) is 0 Å². The van der Waals surface area contributed by atoms with Crippen LogP contribution in [0, 0.1) is 0 Å². The number of para-hydroxylation sites is 1. The SMILES string of the molecule is O=P(c1ccccc1)(c1ccccc1)c1ccc(-c2ccc(-c3nc4ccccc4c4cc5c(cc34)Sc3ccccc3C53c4ccccc4-c4ccccc43)cc2)cc1. The van der Waals surface area contributed by atoms with Crippen LogP contribution in [0.25, 0.3) is 55.2 Å². The number of hydrogen-bond acceptors (Lipinski definition) is 3. The average Bonchev–Trinajstić information content (AvgIpc) is 3.62. The van der Waals surface area contributed by atoms with E-state index >= 15 is 0 Å². The molecule has 0 bridgehead atoms. The van der Waals surface area contributed by atoms with Crippen LogP contribution in [0.4, 0.5) is 0 Å². The molecule has 0 fully saturated rings. The maximum atomic E-state index is 15.0. The predicted molar refractivity (Wildman–Crippen MR) is 251 cm³/mol. The molecule has 1 aliphatic heterocycles. The smallest absolute Gasteiger partial charge is 0.171 e. The molecule has 2 aliphatic rings. The first kappa shape index (κ1) is 35.2. The number of fused-ring (bicyclic) bond motifs is 12. The molecule has 0 atom stereocenters. The van der Waals surface area contributed by atoms with E-state index < -0.39 is 12.6 Å². The normalized spacial score (nSPS) is 13.5. The summed E-state index contributed by atoms with van der Waals surface area (Å²) in [5.74, 6) is 0. The Morgan fingerprint density at radius 1 is 0.383 bits per heavy atom. The first-order chi connectivity index (χ1) is 29.6. The fourth-order valence-electron chi connectivity index (χ4n) is 9.93. The van der Waals surface area contributed by atoms with Crippen LogP contribution >= 0.6 is 18.9 Å². The van der Waals surface area contributed by atoms with Gasteiger partial charge in [0.2, 0.25) is 0 Å². The second-order valence-electron chi connectivity index (χ2n) is 15.7. The highest BCUT2D eigenvalue weighted by Crippen LogP contribution is 2.62. The van der Waals surface area contributed by atoms with Crippen molar-refractivity contribution in [1.82, 2.24) is 4.98 Å². The molecular formula is C56H36NOPS. The Hall–Kier alpha value is -6.77. The molecule has 0 saturated heterocycles. The molecule has 2 nitrogen and oxygen atoms in total. The molecule has 1 aromatic heterocycles. The third-order valence-corrected chi connectivity index (χ3v) is 16.8. The highest BCUT2D eigenvalue weighted by atomic mass is 32.2. The average molecular weight is 802 g/mol. The fraction of sp³-hybridized carbons (Fsp3) is 0.0179. The van der Waals surface area contributed by atoms with Crippen LogP contribution in [0.3, 0.4) is 0 Å². The van der Waals surface area contributed by atoms with Gasteiger partial charge in [0, 0.05) is 42.0 Å². The van der Waals surface area contributed by atoms with Gasteiger partial charge in [-0.15, -0.1) is 0 Å². The number of benzene rings is 9. The minimum atomic E-state index is -3.06. The molecule has 10 aromatic rings. The van der Waals surface area contributed by atoms with Crippen molar-refractivity contribution in [2.75, 3.05) is 0 Å². The lowest BCUT2D eigenvalue weighted by Crippen LogP contribution is -2.32. The van der Waals surface area contributed by atoms with Gasteiger partial charge in [-0.05, 0) is 74.2 Å². The monoisotopic (exact) mass is 801 g/mol. The number of pyridine rings is 1. The van der Waals surface area contributed by atoms with E-state index in [-0.39, 0.29) is 0 Å². The number of aromatic nitrogens is 1. The maximum absolute atomic E-state index is 15.0. The molecule has 4 heteroatoms. The van der Waals surface area contributed by atoms with E-state index in [0.717, 1.165) is 54.6 Å². The van der Waals surface area contributed by atoms with Crippen LogP contribution < -0.4 is 15.9 Å². The van der Waals surface area contributed by atoms with Gasteiger partial charge in [0.1, 0.15) is 0 Å². The Morgan fingerprint density at radius 2 is 0.883 bits per heavy atom. The zero-order valence-corrected chi connectivity index (χ0v) is 34.2. The molecule has 0 saturated carbocycles. The minimum absolute atomic E-state index is 0.448. The van der Waals surface area contributed by atoms with Crippen molar-refractivity contribution in [3.05, 3.63) is 241 Å². The Balaban J connectivity index is 0.998. The molecule has 1 spiro atoms. The van der Waals surface area contributed by atoms with E-state index in [1.54, 1.807) is 0 Å². The Bertz CT molecular complexity index is 3270. The largest absolute Gasteiger partial charge is 0.309 e. The van der Waals surface area contributed by atoms with E-state index in [0.29, 0.717) is 0 Å². The van der Waals surface area contributed by atoms with E-state index in [1.807, 2.05) is 84.6 Å². The van der Waals surface area contributed by atoms with Crippen LogP contribution in [0.15, 0.2) is 228 Å². The molecule has 1 aliphatic carbocycles. The highest BCUT2D eigenvalue weighted by Gasteiger charge is 2.50. The van der Waals surface area contributed by atoms with Crippen LogP contribution in [0.2, 0.25) is 0 Å². The molecule has 2 heterocycles. The number of hydrogen-bond donors (Lipinski definition) is 0. The van der Waals surface area contributed by atoms with Gasteiger partial charge >= 0.3 is 0 Å². The molecule has 0 radical (unpaired) electrons. The van der Waals surface area contributed by atoms with Crippen LogP contribution in [0.5, 0.6) is 0 Å². The summed E-state index contributed by atoms with van der Waals surface area (Å²) in [6.45, 7) is 0. The van der Waals surface area contributed by atoms with Crippen molar-refractivity contribution in [3.8, 4) is 33.5 Å². The molecule has 9 aromatic carbocycles. The summed E-state index contributed by atoms with van der Waals surface area (Å²) >= 11 is 1.87. The van der Waals surface area contributed by atoms with Crippen molar-refractivity contribution in [2.45, 2.75) is 15.2 Å². The standard InChI is InChI=1S/C56H36NOPS/c58-59(40-15-3-1-4-16-40,41-17-5-2-6-18-41)42-33-31-38(32-34-42)37-27-29-39(30-28-37)55-47-36-54-51(35-46(47)45-21-9-13-25-52(45)57-55)56(50-24-12-14-26-53(50)60-54)48-22-10-7-19-43(48)44-20-8-11-23-49(44)56/h1-36H. The molecule has 0 amide bonds. The summed E-state index contributed by atoms with van der Waals surface area (Å²) in [4.78, 5) is 7.92. The molecule has 282 valence electrons. The third kappa shape index (κ3) is 5.10. The second-order valence-corrected chi connectivity index (χ2v) is 19.6. The van der Waals surface area contributed by atoms with E-state index in [1.165, 1.54) is 48.6 Å². The van der Waals surface area contributed by atoms with Crippen LogP contribution in [-0.4, -0.2) is 4.98 Å². The van der Waals surface area contributed by atoms with Crippen LogP contribution in [0.1, 0.15) is 22.3 Å². The second kappa shape index (κ2) is 13.6. The van der Waals surface area contributed by atoms with E-state index in [4.69, 9.17) is 4.98 Å². The predicted octanol–water partition coefficient (Wildman–Crippen LogP) is 13.2. The van der Waals surface area contributed by atoms with Crippen LogP contribution in [-0.2, 0) is 9.98 Å². The molecule has 60 heavy (non-hydrogen) atoms. The Morgan fingerprint density at radius 3 is 1.53 bits per heavy atom. The first-order valence-corrected chi connectivity index (χ1v) is 22.9. The third-order valence-electron chi connectivity index (χ3n) is 12.6. The van der Waals surface area contributed by atoms with Gasteiger partial charge in [-0.3, -0.25) is 0 Å². The topological polar surface area (TPSA) is 30.0 Å². The molecule has 0 unspecified atom stereocenters. The zero-order valence-electron chi connectivity index (χ0n) is 32.5. The van der Waals surface area contributed by atoms with Gasteiger partial charge in [-0.1, -0.05) is 206 Å². The summed E-state index contributed by atoms with van der Waals surface area (Å²) in [5, 5.41) is 5.99. The van der Waals surface area contributed by atoms with Crippen molar-refractivity contribution in [1.29, 1.82) is 0 Å². The number of nitrogens with zero attached hydrogens (tertiary/aromatic N) is 1. The van der Waals surface area contributed by atoms with E-state index in [2.05, 4.69) is 146 Å². The Labute approximate surface area is 353 Å². The van der Waals surface area contributed by atoms with Gasteiger partial charge in [0.15, 0.2) is 7.14 Å². The number of rotatable bonds is 5.